The molecule has 17 heavy (non-hydrogen) atoms. The number of ether oxygens (including phenoxy) is 1. The molecule has 0 aromatic carbocycles. The third kappa shape index (κ3) is 4.09. The van der Waals surface area contributed by atoms with Gasteiger partial charge in [-0.2, -0.15) is 4.98 Å². The summed E-state index contributed by atoms with van der Waals surface area (Å²) in [6.07, 6.45) is 6.98. The molecule has 1 heterocycles. The molecule has 2 rings (SSSR count). The molecule has 0 aliphatic heterocycles. The van der Waals surface area contributed by atoms with Crippen LogP contribution in [0.5, 0.6) is 0 Å². The molecule has 1 aliphatic carbocycles. The minimum absolute atomic E-state index is 0.638. The Labute approximate surface area is 102 Å². The summed E-state index contributed by atoms with van der Waals surface area (Å²) in [6.45, 7) is 1.44. The zero-order chi connectivity index (χ0) is 11.9. The van der Waals surface area contributed by atoms with E-state index in [0.29, 0.717) is 18.5 Å². The zero-order valence-corrected chi connectivity index (χ0v) is 10.4. The quantitative estimate of drug-likeness (QED) is 0.734. The van der Waals surface area contributed by atoms with Crippen molar-refractivity contribution in [1.29, 1.82) is 0 Å². The van der Waals surface area contributed by atoms with E-state index in [4.69, 9.17) is 9.26 Å². The van der Waals surface area contributed by atoms with Crippen molar-refractivity contribution in [3.63, 3.8) is 0 Å². The second-order valence-corrected chi connectivity index (χ2v) is 4.56. The monoisotopic (exact) mass is 239 g/mol. The SMILES string of the molecule is COCCCc1noc(CNC2CCCC2)n1. The van der Waals surface area contributed by atoms with Crippen LogP contribution in [0.4, 0.5) is 0 Å². The van der Waals surface area contributed by atoms with E-state index in [1.165, 1.54) is 25.7 Å². The van der Waals surface area contributed by atoms with Crippen LogP contribution in [0.3, 0.4) is 0 Å². The van der Waals surface area contributed by atoms with Crippen LogP contribution in [0, 0.1) is 0 Å². The molecular formula is C12H21N3O2. The lowest BCUT2D eigenvalue weighted by Crippen LogP contribution is -2.25. The van der Waals surface area contributed by atoms with Crippen molar-refractivity contribution in [2.75, 3.05) is 13.7 Å². The second-order valence-electron chi connectivity index (χ2n) is 4.56. The van der Waals surface area contributed by atoms with E-state index in [-0.39, 0.29) is 0 Å². The normalized spacial score (nSPS) is 16.8. The zero-order valence-electron chi connectivity index (χ0n) is 10.4. The van der Waals surface area contributed by atoms with Gasteiger partial charge in [-0.1, -0.05) is 18.0 Å². The fourth-order valence-corrected chi connectivity index (χ4v) is 2.20. The number of methoxy groups -OCH3 is 1. The Morgan fingerprint density at radius 1 is 1.41 bits per heavy atom. The molecule has 1 aromatic rings. The number of hydrogen-bond acceptors (Lipinski definition) is 5. The van der Waals surface area contributed by atoms with Crippen LogP contribution in [-0.2, 0) is 17.7 Å². The lowest BCUT2D eigenvalue weighted by atomic mass is 10.2. The van der Waals surface area contributed by atoms with Crippen LogP contribution in [0.15, 0.2) is 4.52 Å². The molecule has 1 saturated carbocycles. The topological polar surface area (TPSA) is 60.2 Å². The van der Waals surface area contributed by atoms with Gasteiger partial charge in [0.05, 0.1) is 6.54 Å². The van der Waals surface area contributed by atoms with Gasteiger partial charge in [0, 0.05) is 26.2 Å². The summed E-state index contributed by atoms with van der Waals surface area (Å²) < 4.78 is 10.2. The second kappa shape index (κ2) is 6.71. The molecule has 1 aromatic heterocycles. The summed E-state index contributed by atoms with van der Waals surface area (Å²) in [6, 6.07) is 0.638. The molecule has 1 N–H and O–H groups in total. The summed E-state index contributed by atoms with van der Waals surface area (Å²) in [5.41, 5.74) is 0. The van der Waals surface area contributed by atoms with Gasteiger partial charge in [0.15, 0.2) is 5.82 Å². The van der Waals surface area contributed by atoms with Crippen LogP contribution in [0.1, 0.15) is 43.8 Å². The van der Waals surface area contributed by atoms with E-state index < -0.39 is 0 Å². The highest BCUT2D eigenvalue weighted by molar-refractivity contribution is 4.87. The average Bonchev–Trinajstić information content (AvgIpc) is 2.98. The van der Waals surface area contributed by atoms with Gasteiger partial charge < -0.3 is 14.6 Å². The van der Waals surface area contributed by atoms with Crippen molar-refractivity contribution in [3.8, 4) is 0 Å². The van der Waals surface area contributed by atoms with E-state index >= 15 is 0 Å². The van der Waals surface area contributed by atoms with Crippen LogP contribution in [0.25, 0.3) is 0 Å². The van der Waals surface area contributed by atoms with Crippen molar-refractivity contribution in [1.82, 2.24) is 15.5 Å². The fraction of sp³-hybridized carbons (Fsp3) is 0.833. The maximum absolute atomic E-state index is 5.19. The van der Waals surface area contributed by atoms with Crippen molar-refractivity contribution in [2.45, 2.75) is 51.1 Å². The molecule has 0 atom stereocenters. The molecule has 0 bridgehead atoms. The first-order valence-electron chi connectivity index (χ1n) is 6.42. The minimum atomic E-state index is 0.638. The van der Waals surface area contributed by atoms with Crippen LogP contribution < -0.4 is 5.32 Å². The number of aryl methyl sites for hydroxylation is 1. The van der Waals surface area contributed by atoms with Gasteiger partial charge in [0.2, 0.25) is 5.89 Å². The predicted octanol–water partition coefficient (Wildman–Crippen LogP) is 1.68. The standard InChI is InChI=1S/C12H21N3O2/c1-16-8-4-7-11-14-12(17-15-11)9-13-10-5-2-3-6-10/h10,13H,2-9H2,1H3. The van der Waals surface area contributed by atoms with E-state index in [9.17, 15) is 0 Å². The molecule has 5 nitrogen and oxygen atoms in total. The average molecular weight is 239 g/mol. The largest absolute Gasteiger partial charge is 0.385 e. The smallest absolute Gasteiger partial charge is 0.240 e. The van der Waals surface area contributed by atoms with Gasteiger partial charge in [0.1, 0.15) is 0 Å². The number of nitrogens with zero attached hydrogens (tertiary/aromatic N) is 2. The Kier molecular flexibility index (Phi) is 4.94. The Balaban J connectivity index is 1.69. The van der Waals surface area contributed by atoms with Gasteiger partial charge in [0.25, 0.3) is 0 Å². The fourth-order valence-electron chi connectivity index (χ4n) is 2.20. The van der Waals surface area contributed by atoms with Crippen molar-refractivity contribution >= 4 is 0 Å². The summed E-state index contributed by atoms with van der Waals surface area (Å²) in [5.74, 6) is 1.48. The third-order valence-electron chi connectivity index (χ3n) is 3.16. The Morgan fingerprint density at radius 3 is 3.00 bits per heavy atom. The van der Waals surface area contributed by atoms with Gasteiger partial charge in [-0.15, -0.1) is 0 Å². The highest BCUT2D eigenvalue weighted by atomic mass is 16.5. The summed E-state index contributed by atoms with van der Waals surface area (Å²) in [5, 5.41) is 7.41. The first kappa shape index (κ1) is 12.5. The van der Waals surface area contributed by atoms with Crippen LogP contribution in [-0.4, -0.2) is 29.9 Å². The number of nitrogens with one attached hydrogen (secondary N) is 1. The molecule has 0 radical (unpaired) electrons. The van der Waals surface area contributed by atoms with Crippen LogP contribution >= 0.6 is 0 Å². The highest BCUT2D eigenvalue weighted by Gasteiger charge is 2.15. The highest BCUT2D eigenvalue weighted by Crippen LogP contribution is 2.17. The van der Waals surface area contributed by atoms with E-state index in [1.54, 1.807) is 7.11 Å². The van der Waals surface area contributed by atoms with Crippen molar-refractivity contribution in [2.24, 2.45) is 0 Å². The molecule has 1 aliphatic rings. The van der Waals surface area contributed by atoms with Crippen molar-refractivity contribution in [3.05, 3.63) is 11.7 Å². The number of aromatic nitrogens is 2. The Bertz CT molecular complexity index is 321. The van der Waals surface area contributed by atoms with Gasteiger partial charge in [-0.25, -0.2) is 0 Å². The number of rotatable bonds is 7. The summed E-state index contributed by atoms with van der Waals surface area (Å²) in [4.78, 5) is 4.35. The molecule has 0 unspecified atom stereocenters. The first-order chi connectivity index (χ1) is 8.38. The molecule has 0 spiro atoms. The molecule has 96 valence electrons. The van der Waals surface area contributed by atoms with E-state index in [2.05, 4.69) is 15.5 Å². The van der Waals surface area contributed by atoms with E-state index in [0.717, 1.165) is 25.3 Å². The first-order valence-corrected chi connectivity index (χ1v) is 6.42. The van der Waals surface area contributed by atoms with E-state index in [1.807, 2.05) is 0 Å². The molecule has 5 heteroatoms. The van der Waals surface area contributed by atoms with Crippen molar-refractivity contribution < 1.29 is 9.26 Å². The maximum atomic E-state index is 5.19. The lowest BCUT2D eigenvalue weighted by Gasteiger charge is -2.08. The molecule has 0 saturated heterocycles. The van der Waals surface area contributed by atoms with Crippen LogP contribution in [0.2, 0.25) is 0 Å². The number of hydrogen-bond donors (Lipinski definition) is 1. The Morgan fingerprint density at radius 2 is 2.24 bits per heavy atom. The third-order valence-corrected chi connectivity index (χ3v) is 3.16. The summed E-state index contributed by atoms with van der Waals surface area (Å²) >= 11 is 0. The minimum Gasteiger partial charge on any atom is -0.385 e. The predicted molar refractivity (Wildman–Crippen MR) is 63.6 cm³/mol. The molecular weight excluding hydrogens is 218 g/mol. The molecule has 0 amide bonds. The maximum Gasteiger partial charge on any atom is 0.240 e. The van der Waals surface area contributed by atoms with Gasteiger partial charge >= 0.3 is 0 Å². The lowest BCUT2D eigenvalue weighted by molar-refractivity contribution is 0.194. The van der Waals surface area contributed by atoms with Gasteiger partial charge in [-0.3, -0.25) is 0 Å². The Hall–Kier alpha value is -0.940. The van der Waals surface area contributed by atoms with Gasteiger partial charge in [-0.05, 0) is 19.3 Å². The summed E-state index contributed by atoms with van der Waals surface area (Å²) in [7, 11) is 1.70. The molecule has 1 fully saturated rings.